The highest BCUT2D eigenvalue weighted by atomic mass is 19.1. The molecular weight excluding hydrogens is 465 g/mol. The third-order valence-corrected chi connectivity index (χ3v) is 7.56. The van der Waals surface area contributed by atoms with E-state index >= 15 is 0 Å². The van der Waals surface area contributed by atoms with E-state index < -0.39 is 0 Å². The lowest BCUT2D eigenvalue weighted by Crippen LogP contribution is -2.26. The van der Waals surface area contributed by atoms with Crippen LogP contribution in [0.1, 0.15) is 47.9 Å². The van der Waals surface area contributed by atoms with Gasteiger partial charge in [0.05, 0.1) is 6.67 Å². The van der Waals surface area contributed by atoms with Crippen LogP contribution in [-0.4, -0.2) is 52.4 Å². The van der Waals surface area contributed by atoms with Gasteiger partial charge in [-0.05, 0) is 102 Å². The number of aromatic amines is 1. The van der Waals surface area contributed by atoms with Crippen LogP contribution in [0, 0.1) is 0 Å². The van der Waals surface area contributed by atoms with Crippen LogP contribution >= 0.6 is 0 Å². The number of phenolic OH excluding ortho intramolecular Hbond substituents is 1. The van der Waals surface area contributed by atoms with Gasteiger partial charge in [0.1, 0.15) is 23.3 Å². The zero-order chi connectivity index (χ0) is 25.2. The van der Waals surface area contributed by atoms with Crippen molar-refractivity contribution >= 4 is 22.2 Å². The molecule has 5 nitrogen and oxygen atoms in total. The predicted molar refractivity (Wildman–Crippen MR) is 146 cm³/mol. The van der Waals surface area contributed by atoms with E-state index in [4.69, 9.17) is 4.74 Å². The number of H-pyrrole nitrogens is 1. The Kier molecular flexibility index (Phi) is 6.66. The Morgan fingerprint density at radius 3 is 2.81 bits per heavy atom. The second-order valence-corrected chi connectivity index (χ2v) is 10.1. The summed E-state index contributed by atoms with van der Waals surface area (Å²) in [5, 5.41) is 11.3. The number of phenols is 1. The number of rotatable bonds is 7. The third kappa shape index (κ3) is 4.98. The van der Waals surface area contributed by atoms with Crippen molar-refractivity contribution in [3.8, 4) is 11.5 Å². The number of aromatic nitrogens is 2. The molecule has 37 heavy (non-hydrogen) atoms. The van der Waals surface area contributed by atoms with Crippen LogP contribution in [0.3, 0.4) is 0 Å². The number of pyridine rings is 1. The van der Waals surface area contributed by atoms with E-state index in [9.17, 15) is 9.50 Å². The molecule has 6 rings (SSSR count). The van der Waals surface area contributed by atoms with Crippen molar-refractivity contribution in [3.63, 3.8) is 0 Å². The maximum absolute atomic E-state index is 12.5. The average molecular weight is 498 g/mol. The lowest BCUT2D eigenvalue weighted by atomic mass is 9.88. The molecule has 0 saturated carbocycles. The number of ether oxygens (including phenoxy) is 1. The first-order valence-electron chi connectivity index (χ1n) is 13.2. The van der Waals surface area contributed by atoms with Crippen molar-refractivity contribution in [1.29, 1.82) is 0 Å². The molecule has 0 spiro atoms. The molecule has 1 aliphatic carbocycles. The number of halogens is 1. The van der Waals surface area contributed by atoms with Crippen LogP contribution in [0.25, 0.3) is 22.2 Å². The van der Waals surface area contributed by atoms with Gasteiger partial charge in [-0.2, -0.15) is 0 Å². The van der Waals surface area contributed by atoms with Crippen LogP contribution in [0.2, 0.25) is 0 Å². The van der Waals surface area contributed by atoms with Gasteiger partial charge in [-0.1, -0.05) is 18.2 Å². The number of fused-ring (bicyclic) bond motifs is 2. The first-order chi connectivity index (χ1) is 18.2. The minimum Gasteiger partial charge on any atom is -0.508 e. The van der Waals surface area contributed by atoms with Gasteiger partial charge in [0.15, 0.2) is 0 Å². The fraction of sp³-hybridized carbons (Fsp3) is 0.323. The quantitative estimate of drug-likeness (QED) is 0.311. The van der Waals surface area contributed by atoms with Gasteiger partial charge < -0.3 is 14.8 Å². The number of nitrogens with one attached hydrogen (secondary N) is 1. The molecular formula is C31H32FN3O2. The van der Waals surface area contributed by atoms with Crippen LogP contribution in [0.15, 0.2) is 67.0 Å². The molecule has 3 heterocycles. The van der Waals surface area contributed by atoms with Crippen molar-refractivity contribution in [1.82, 2.24) is 14.9 Å². The summed E-state index contributed by atoms with van der Waals surface area (Å²) in [6.07, 6.45) is 8.43. The summed E-state index contributed by atoms with van der Waals surface area (Å²) in [5.41, 5.74) is 7.93. The second-order valence-electron chi connectivity index (χ2n) is 10.1. The Labute approximate surface area is 216 Å². The number of alkyl halides is 1. The Bertz CT molecular complexity index is 1430. The summed E-state index contributed by atoms with van der Waals surface area (Å²) >= 11 is 0. The van der Waals surface area contributed by atoms with E-state index in [1.807, 2.05) is 24.5 Å². The molecule has 4 aromatic rings. The van der Waals surface area contributed by atoms with Crippen LogP contribution in [-0.2, 0) is 6.42 Å². The summed E-state index contributed by atoms with van der Waals surface area (Å²) in [7, 11) is 0. The standard InChI is InChI=1S/C31H32FN3O2/c32-13-2-15-35-16-12-27(20-35)37-26-8-5-21(6-9-26)30-28(24-17-23-11-14-33-31(23)34-19-24)4-1-3-22-18-25(36)7-10-29(22)30/h5-11,14,17-19,27,36H,1-4,12-13,15-16,20H2,(H,33,34). The first-order valence-corrected chi connectivity index (χ1v) is 13.2. The molecule has 0 bridgehead atoms. The number of aromatic hydroxyl groups is 1. The van der Waals surface area contributed by atoms with Crippen LogP contribution < -0.4 is 4.74 Å². The zero-order valence-electron chi connectivity index (χ0n) is 20.9. The molecule has 1 unspecified atom stereocenters. The summed E-state index contributed by atoms with van der Waals surface area (Å²) < 4.78 is 18.8. The fourth-order valence-electron chi connectivity index (χ4n) is 5.77. The van der Waals surface area contributed by atoms with Crippen molar-refractivity contribution in [3.05, 3.63) is 89.2 Å². The lowest BCUT2D eigenvalue weighted by molar-refractivity contribution is 0.198. The van der Waals surface area contributed by atoms with E-state index in [0.717, 1.165) is 78.8 Å². The Morgan fingerprint density at radius 1 is 1.05 bits per heavy atom. The molecule has 2 aliphatic rings. The van der Waals surface area contributed by atoms with Crippen LogP contribution in [0.5, 0.6) is 11.5 Å². The molecule has 0 amide bonds. The van der Waals surface area contributed by atoms with Gasteiger partial charge in [-0.3, -0.25) is 9.29 Å². The number of aryl methyl sites for hydroxylation is 1. The number of likely N-dealkylation sites (tertiary alicyclic amines) is 1. The number of benzene rings is 2. The zero-order valence-corrected chi connectivity index (χ0v) is 20.9. The maximum atomic E-state index is 12.5. The number of hydrogen-bond acceptors (Lipinski definition) is 4. The van der Waals surface area contributed by atoms with Gasteiger partial charge in [0.2, 0.25) is 0 Å². The Balaban J connectivity index is 1.35. The average Bonchev–Trinajstić information content (AvgIpc) is 3.53. The minimum absolute atomic E-state index is 0.140. The van der Waals surface area contributed by atoms with Gasteiger partial charge in [-0.15, -0.1) is 0 Å². The maximum Gasteiger partial charge on any atom is 0.137 e. The molecule has 2 aromatic heterocycles. The van der Waals surface area contributed by atoms with Crippen molar-refractivity contribution in [2.24, 2.45) is 0 Å². The summed E-state index contributed by atoms with van der Waals surface area (Å²) in [6.45, 7) is 2.34. The largest absolute Gasteiger partial charge is 0.508 e. The molecule has 1 aliphatic heterocycles. The summed E-state index contributed by atoms with van der Waals surface area (Å²) in [5.74, 6) is 1.16. The SMILES string of the molecule is Oc1ccc2c(c1)CCCC(c1cnc3[nH]ccc3c1)=C2c1ccc(OC2CCN(CCCF)C2)cc1. The Hall–Kier alpha value is -3.64. The van der Waals surface area contributed by atoms with E-state index in [2.05, 4.69) is 51.3 Å². The van der Waals surface area contributed by atoms with Crippen molar-refractivity contribution in [2.45, 2.75) is 38.2 Å². The topological polar surface area (TPSA) is 61.4 Å². The monoisotopic (exact) mass is 497 g/mol. The molecule has 6 heteroatoms. The van der Waals surface area contributed by atoms with Gasteiger partial charge >= 0.3 is 0 Å². The molecule has 1 saturated heterocycles. The molecule has 2 aromatic carbocycles. The van der Waals surface area contributed by atoms with Crippen LogP contribution in [0.4, 0.5) is 4.39 Å². The number of allylic oxidation sites excluding steroid dienone is 1. The van der Waals surface area contributed by atoms with E-state index in [1.54, 1.807) is 6.07 Å². The fourth-order valence-corrected chi connectivity index (χ4v) is 5.77. The first kappa shape index (κ1) is 23.7. The van der Waals surface area contributed by atoms with E-state index in [-0.39, 0.29) is 12.8 Å². The highest BCUT2D eigenvalue weighted by Crippen LogP contribution is 2.41. The highest BCUT2D eigenvalue weighted by molar-refractivity contribution is 6.00. The minimum atomic E-state index is -0.265. The van der Waals surface area contributed by atoms with Gasteiger partial charge in [0, 0.05) is 37.4 Å². The summed E-state index contributed by atoms with van der Waals surface area (Å²) in [6, 6.07) is 18.4. The molecule has 0 radical (unpaired) electrons. The molecule has 1 atom stereocenters. The predicted octanol–water partition coefficient (Wildman–Crippen LogP) is 6.38. The van der Waals surface area contributed by atoms with E-state index in [1.165, 1.54) is 16.7 Å². The highest BCUT2D eigenvalue weighted by Gasteiger charge is 2.24. The van der Waals surface area contributed by atoms with Crippen molar-refractivity contribution in [2.75, 3.05) is 26.3 Å². The smallest absolute Gasteiger partial charge is 0.137 e. The summed E-state index contributed by atoms with van der Waals surface area (Å²) in [4.78, 5) is 10.1. The van der Waals surface area contributed by atoms with E-state index in [0.29, 0.717) is 12.2 Å². The normalized spacial score (nSPS) is 18.2. The molecule has 1 fully saturated rings. The lowest BCUT2D eigenvalue weighted by Gasteiger charge is -2.18. The molecule has 2 N–H and O–H groups in total. The second kappa shape index (κ2) is 10.4. The van der Waals surface area contributed by atoms with Gasteiger partial charge in [-0.25, -0.2) is 4.98 Å². The van der Waals surface area contributed by atoms with Crippen molar-refractivity contribution < 1.29 is 14.2 Å². The number of hydrogen-bond donors (Lipinski definition) is 2. The third-order valence-electron chi connectivity index (χ3n) is 7.56. The molecule has 190 valence electrons. The van der Waals surface area contributed by atoms with Gasteiger partial charge in [0.25, 0.3) is 0 Å². The Morgan fingerprint density at radius 2 is 1.95 bits per heavy atom. The number of nitrogens with zero attached hydrogens (tertiary/aromatic N) is 2.